The zero-order valence-corrected chi connectivity index (χ0v) is 10.8. The SMILES string of the molecule is CCOCC(C)NC(=O)/C=C/c1ccc(N)cc1. The predicted molar refractivity (Wildman–Crippen MR) is 74.0 cm³/mol. The first-order valence-corrected chi connectivity index (χ1v) is 6.03. The first-order valence-electron chi connectivity index (χ1n) is 6.03. The Morgan fingerprint density at radius 3 is 2.72 bits per heavy atom. The van der Waals surface area contributed by atoms with Crippen molar-refractivity contribution < 1.29 is 9.53 Å². The van der Waals surface area contributed by atoms with Gasteiger partial charge in [-0.15, -0.1) is 0 Å². The molecule has 0 heterocycles. The summed E-state index contributed by atoms with van der Waals surface area (Å²) in [7, 11) is 0. The number of amides is 1. The molecule has 0 aromatic heterocycles. The molecule has 4 nitrogen and oxygen atoms in total. The van der Waals surface area contributed by atoms with Crippen molar-refractivity contribution in [1.29, 1.82) is 0 Å². The van der Waals surface area contributed by atoms with Gasteiger partial charge >= 0.3 is 0 Å². The van der Waals surface area contributed by atoms with E-state index in [1.165, 1.54) is 6.08 Å². The van der Waals surface area contributed by atoms with Gasteiger partial charge in [-0.1, -0.05) is 12.1 Å². The van der Waals surface area contributed by atoms with E-state index in [1.54, 1.807) is 18.2 Å². The Balaban J connectivity index is 2.41. The number of rotatable bonds is 6. The van der Waals surface area contributed by atoms with E-state index in [2.05, 4.69) is 5.32 Å². The molecule has 0 saturated heterocycles. The van der Waals surface area contributed by atoms with Gasteiger partial charge in [-0.25, -0.2) is 0 Å². The van der Waals surface area contributed by atoms with Gasteiger partial charge in [0.2, 0.25) is 5.91 Å². The number of nitrogens with two attached hydrogens (primary N) is 1. The standard InChI is InChI=1S/C14H20N2O2/c1-3-18-10-11(2)16-14(17)9-6-12-4-7-13(15)8-5-12/h4-9,11H,3,10,15H2,1-2H3,(H,16,17)/b9-6+. The van der Waals surface area contributed by atoms with Crippen LogP contribution in [0.2, 0.25) is 0 Å². The largest absolute Gasteiger partial charge is 0.399 e. The maximum atomic E-state index is 11.6. The van der Waals surface area contributed by atoms with Gasteiger partial charge in [-0.2, -0.15) is 0 Å². The Bertz CT molecular complexity index is 399. The molecule has 18 heavy (non-hydrogen) atoms. The number of nitrogens with one attached hydrogen (secondary N) is 1. The Hall–Kier alpha value is -1.81. The number of carbonyl (C=O) groups excluding carboxylic acids is 1. The average molecular weight is 248 g/mol. The highest BCUT2D eigenvalue weighted by molar-refractivity contribution is 5.91. The highest BCUT2D eigenvalue weighted by Gasteiger charge is 2.03. The molecule has 3 N–H and O–H groups in total. The minimum absolute atomic E-state index is 0.00789. The van der Waals surface area contributed by atoms with E-state index in [4.69, 9.17) is 10.5 Å². The topological polar surface area (TPSA) is 64.3 Å². The molecular weight excluding hydrogens is 228 g/mol. The molecule has 0 aliphatic carbocycles. The fourth-order valence-electron chi connectivity index (χ4n) is 1.41. The van der Waals surface area contributed by atoms with Gasteiger partial charge in [-0.3, -0.25) is 4.79 Å². The molecule has 1 aromatic rings. The summed E-state index contributed by atoms with van der Waals surface area (Å²) in [6.07, 6.45) is 3.26. The molecule has 98 valence electrons. The fraction of sp³-hybridized carbons (Fsp3) is 0.357. The summed E-state index contributed by atoms with van der Waals surface area (Å²) in [5.41, 5.74) is 7.23. The molecule has 0 bridgehead atoms. The van der Waals surface area contributed by atoms with Gasteiger partial charge in [-0.05, 0) is 37.6 Å². The lowest BCUT2D eigenvalue weighted by Gasteiger charge is -2.11. The van der Waals surface area contributed by atoms with Crippen LogP contribution < -0.4 is 11.1 Å². The lowest BCUT2D eigenvalue weighted by molar-refractivity contribution is -0.117. The molecule has 1 amide bonds. The molecule has 0 spiro atoms. The Morgan fingerprint density at radius 1 is 1.44 bits per heavy atom. The molecule has 1 aromatic carbocycles. The second-order valence-corrected chi connectivity index (χ2v) is 4.07. The van der Waals surface area contributed by atoms with E-state index < -0.39 is 0 Å². The second-order valence-electron chi connectivity index (χ2n) is 4.07. The van der Waals surface area contributed by atoms with Gasteiger partial charge in [0.05, 0.1) is 6.61 Å². The van der Waals surface area contributed by atoms with Crippen molar-refractivity contribution in [2.75, 3.05) is 18.9 Å². The van der Waals surface area contributed by atoms with Crippen LogP contribution in [0.25, 0.3) is 6.08 Å². The maximum Gasteiger partial charge on any atom is 0.244 e. The van der Waals surface area contributed by atoms with Crippen LogP contribution in [0.4, 0.5) is 5.69 Å². The van der Waals surface area contributed by atoms with Crippen LogP contribution in [0.1, 0.15) is 19.4 Å². The first kappa shape index (κ1) is 14.3. The van der Waals surface area contributed by atoms with Crippen LogP contribution in [0.3, 0.4) is 0 Å². The molecule has 4 heteroatoms. The van der Waals surface area contributed by atoms with Crippen molar-refractivity contribution in [2.45, 2.75) is 19.9 Å². The third-order valence-electron chi connectivity index (χ3n) is 2.32. The minimum Gasteiger partial charge on any atom is -0.399 e. The van der Waals surface area contributed by atoms with E-state index in [0.717, 1.165) is 5.56 Å². The molecular formula is C14H20N2O2. The average Bonchev–Trinajstić information content (AvgIpc) is 2.35. The van der Waals surface area contributed by atoms with E-state index in [1.807, 2.05) is 26.0 Å². The van der Waals surface area contributed by atoms with Gasteiger partial charge in [0.15, 0.2) is 0 Å². The summed E-state index contributed by atoms with van der Waals surface area (Å²) in [6, 6.07) is 7.34. The zero-order valence-electron chi connectivity index (χ0n) is 10.8. The molecule has 0 aliphatic rings. The number of hydrogen-bond acceptors (Lipinski definition) is 3. The minimum atomic E-state index is -0.126. The van der Waals surface area contributed by atoms with Crippen molar-refractivity contribution in [3.8, 4) is 0 Å². The highest BCUT2D eigenvalue weighted by Crippen LogP contribution is 2.06. The molecule has 0 aliphatic heterocycles. The Morgan fingerprint density at radius 2 is 2.11 bits per heavy atom. The van der Waals surface area contributed by atoms with E-state index in [9.17, 15) is 4.79 Å². The van der Waals surface area contributed by atoms with Crippen LogP contribution in [0, 0.1) is 0 Å². The summed E-state index contributed by atoms with van der Waals surface area (Å²) >= 11 is 0. The first-order chi connectivity index (χ1) is 8.61. The summed E-state index contributed by atoms with van der Waals surface area (Å²) in [5, 5.41) is 2.82. The molecule has 0 fully saturated rings. The summed E-state index contributed by atoms with van der Waals surface area (Å²) < 4.78 is 5.22. The number of anilines is 1. The van der Waals surface area contributed by atoms with Crippen LogP contribution in [-0.4, -0.2) is 25.2 Å². The number of carbonyl (C=O) groups is 1. The highest BCUT2D eigenvalue weighted by atomic mass is 16.5. The van der Waals surface area contributed by atoms with Crippen LogP contribution in [0.15, 0.2) is 30.3 Å². The zero-order chi connectivity index (χ0) is 13.4. The number of nitrogen functional groups attached to an aromatic ring is 1. The Labute approximate surface area is 108 Å². The van der Waals surface area contributed by atoms with E-state index in [-0.39, 0.29) is 11.9 Å². The van der Waals surface area contributed by atoms with Crippen LogP contribution in [-0.2, 0) is 9.53 Å². The molecule has 1 rings (SSSR count). The quantitative estimate of drug-likeness (QED) is 0.596. The van der Waals surface area contributed by atoms with Crippen molar-refractivity contribution in [3.05, 3.63) is 35.9 Å². The number of benzene rings is 1. The second kappa shape index (κ2) is 7.50. The van der Waals surface area contributed by atoms with Crippen LogP contribution in [0.5, 0.6) is 0 Å². The van der Waals surface area contributed by atoms with Crippen molar-refractivity contribution >= 4 is 17.7 Å². The van der Waals surface area contributed by atoms with Crippen molar-refractivity contribution in [2.24, 2.45) is 0 Å². The van der Waals surface area contributed by atoms with E-state index >= 15 is 0 Å². The summed E-state index contributed by atoms with van der Waals surface area (Å²) in [5.74, 6) is -0.126. The lowest BCUT2D eigenvalue weighted by atomic mass is 10.2. The molecule has 0 radical (unpaired) electrons. The molecule has 1 unspecified atom stereocenters. The van der Waals surface area contributed by atoms with Gasteiger partial charge < -0.3 is 15.8 Å². The molecule has 0 saturated carbocycles. The van der Waals surface area contributed by atoms with Gasteiger partial charge in [0.25, 0.3) is 0 Å². The van der Waals surface area contributed by atoms with Gasteiger partial charge in [0, 0.05) is 24.4 Å². The molecule has 1 atom stereocenters. The van der Waals surface area contributed by atoms with Crippen molar-refractivity contribution in [3.63, 3.8) is 0 Å². The lowest BCUT2D eigenvalue weighted by Crippen LogP contribution is -2.34. The predicted octanol–water partition coefficient (Wildman–Crippen LogP) is 1.82. The van der Waals surface area contributed by atoms with E-state index in [0.29, 0.717) is 18.9 Å². The van der Waals surface area contributed by atoms with Crippen LogP contribution >= 0.6 is 0 Å². The fourth-order valence-corrected chi connectivity index (χ4v) is 1.41. The Kier molecular flexibility index (Phi) is 5.94. The summed E-state index contributed by atoms with van der Waals surface area (Å²) in [6.45, 7) is 5.01. The third-order valence-corrected chi connectivity index (χ3v) is 2.32. The smallest absolute Gasteiger partial charge is 0.244 e. The third kappa shape index (κ3) is 5.50. The number of ether oxygens (including phenoxy) is 1. The monoisotopic (exact) mass is 248 g/mol. The van der Waals surface area contributed by atoms with Crippen molar-refractivity contribution in [1.82, 2.24) is 5.32 Å². The van der Waals surface area contributed by atoms with Gasteiger partial charge in [0.1, 0.15) is 0 Å². The maximum absolute atomic E-state index is 11.6. The normalized spacial score (nSPS) is 12.6. The summed E-state index contributed by atoms with van der Waals surface area (Å²) in [4.78, 5) is 11.6. The number of hydrogen-bond donors (Lipinski definition) is 2.